The molecule has 0 bridgehead atoms. The molecule has 0 aliphatic carbocycles. The fourth-order valence-electron chi connectivity index (χ4n) is 2.28. The van der Waals surface area contributed by atoms with Crippen molar-refractivity contribution in [1.82, 2.24) is 0 Å². The largest absolute Gasteiger partial charge is 0.466 e. The first-order valence-corrected chi connectivity index (χ1v) is 8.98. The summed E-state index contributed by atoms with van der Waals surface area (Å²) in [6, 6.07) is 7.19. The summed E-state index contributed by atoms with van der Waals surface area (Å²) < 4.78 is 9.85. The summed E-state index contributed by atoms with van der Waals surface area (Å²) in [6.45, 7) is 9.79. The third kappa shape index (κ3) is 9.75. The molecule has 0 spiro atoms. The van der Waals surface area contributed by atoms with E-state index in [1.807, 2.05) is 12.1 Å². The Labute approximate surface area is 151 Å². The zero-order valence-corrected chi connectivity index (χ0v) is 15.9. The average Bonchev–Trinajstić information content (AvgIpc) is 2.54. The predicted molar refractivity (Wildman–Crippen MR) is 99.8 cm³/mol. The van der Waals surface area contributed by atoms with E-state index in [9.17, 15) is 9.59 Å². The van der Waals surface area contributed by atoms with Gasteiger partial charge in [0.1, 0.15) is 6.61 Å². The minimum Gasteiger partial charge on any atom is -0.466 e. The summed E-state index contributed by atoms with van der Waals surface area (Å²) in [5, 5.41) is 3.36. The van der Waals surface area contributed by atoms with E-state index in [2.05, 4.69) is 26.1 Å². The molecule has 0 aliphatic heterocycles. The van der Waals surface area contributed by atoms with Crippen molar-refractivity contribution in [2.24, 2.45) is 5.41 Å². The molecule has 1 aromatic rings. The lowest BCUT2D eigenvalue weighted by Gasteiger charge is -2.17. The van der Waals surface area contributed by atoms with Gasteiger partial charge in [-0.15, -0.1) is 0 Å². The molecular weight excluding hydrogens is 318 g/mol. The van der Waals surface area contributed by atoms with Gasteiger partial charge in [-0.05, 0) is 49.4 Å². The van der Waals surface area contributed by atoms with Gasteiger partial charge in [0.15, 0.2) is 0 Å². The Morgan fingerprint density at radius 3 is 2.32 bits per heavy atom. The summed E-state index contributed by atoms with van der Waals surface area (Å²) in [5.41, 5.74) is 1.84. The maximum absolute atomic E-state index is 11.9. The van der Waals surface area contributed by atoms with Crippen molar-refractivity contribution in [3.05, 3.63) is 29.8 Å². The van der Waals surface area contributed by atoms with Gasteiger partial charge in [0.2, 0.25) is 0 Å². The second-order valence-electron chi connectivity index (χ2n) is 7.21. The van der Waals surface area contributed by atoms with E-state index in [4.69, 9.17) is 9.47 Å². The first kappa shape index (κ1) is 21.0. The predicted octanol–water partition coefficient (Wildman–Crippen LogP) is 4.42. The van der Waals surface area contributed by atoms with Crippen LogP contribution in [0.25, 0.3) is 0 Å². The molecule has 5 nitrogen and oxygen atoms in total. The highest BCUT2D eigenvalue weighted by atomic mass is 16.5. The molecule has 0 radical (unpaired) electrons. The SMILES string of the molecule is CCOC(=O)CCOC(=O)c1ccc(NCCCCC(C)(C)C)cc1. The Balaban J connectivity index is 2.28. The van der Waals surface area contributed by atoms with Crippen molar-refractivity contribution in [1.29, 1.82) is 0 Å². The van der Waals surface area contributed by atoms with Crippen LogP contribution in [0.2, 0.25) is 0 Å². The standard InChI is InChI=1S/C20H31NO4/c1-5-24-18(22)12-15-25-19(23)16-8-10-17(11-9-16)21-14-7-6-13-20(2,3)4/h8-11,21H,5-7,12-15H2,1-4H3. The monoisotopic (exact) mass is 349 g/mol. The van der Waals surface area contributed by atoms with Crippen LogP contribution < -0.4 is 5.32 Å². The average molecular weight is 349 g/mol. The third-order valence-corrected chi connectivity index (χ3v) is 3.65. The molecule has 0 unspecified atom stereocenters. The number of carbonyl (C=O) groups is 2. The molecule has 1 aromatic carbocycles. The van der Waals surface area contributed by atoms with Crippen LogP contribution in [-0.4, -0.2) is 31.7 Å². The zero-order chi connectivity index (χ0) is 18.7. The Bertz CT molecular complexity index is 532. The van der Waals surface area contributed by atoms with Crippen molar-refractivity contribution in [3.8, 4) is 0 Å². The summed E-state index contributed by atoms with van der Waals surface area (Å²) >= 11 is 0. The summed E-state index contributed by atoms with van der Waals surface area (Å²) in [7, 11) is 0. The number of unbranched alkanes of at least 4 members (excludes halogenated alkanes) is 1. The minimum atomic E-state index is -0.430. The van der Waals surface area contributed by atoms with Gasteiger partial charge in [0, 0.05) is 12.2 Å². The van der Waals surface area contributed by atoms with Gasteiger partial charge in [-0.25, -0.2) is 4.79 Å². The molecular formula is C20H31NO4. The van der Waals surface area contributed by atoms with Gasteiger partial charge in [-0.2, -0.15) is 0 Å². The normalized spacial score (nSPS) is 11.0. The van der Waals surface area contributed by atoms with E-state index < -0.39 is 5.97 Å². The summed E-state index contributed by atoms with van der Waals surface area (Å²) in [5.74, 6) is -0.790. The highest BCUT2D eigenvalue weighted by Crippen LogP contribution is 2.21. The quantitative estimate of drug-likeness (QED) is 0.500. The fourth-order valence-corrected chi connectivity index (χ4v) is 2.28. The van der Waals surface area contributed by atoms with Gasteiger partial charge in [0.05, 0.1) is 18.6 Å². The Kier molecular flexibility index (Phi) is 9.03. The number of nitrogens with one attached hydrogen (secondary N) is 1. The molecule has 25 heavy (non-hydrogen) atoms. The van der Waals surface area contributed by atoms with Crippen molar-refractivity contribution in [2.45, 2.75) is 53.4 Å². The van der Waals surface area contributed by atoms with Gasteiger partial charge in [-0.3, -0.25) is 4.79 Å². The number of benzene rings is 1. The van der Waals surface area contributed by atoms with Gasteiger partial charge < -0.3 is 14.8 Å². The maximum atomic E-state index is 11.9. The van der Waals surface area contributed by atoms with Crippen LogP contribution in [0.4, 0.5) is 5.69 Å². The number of rotatable bonds is 10. The van der Waals surface area contributed by atoms with Crippen LogP contribution in [0.3, 0.4) is 0 Å². The molecule has 1 rings (SSSR count). The molecule has 0 fully saturated rings. The van der Waals surface area contributed by atoms with Gasteiger partial charge in [0.25, 0.3) is 0 Å². The van der Waals surface area contributed by atoms with Crippen LogP contribution in [0, 0.1) is 5.41 Å². The first-order chi connectivity index (χ1) is 11.8. The lowest BCUT2D eigenvalue weighted by molar-refractivity contribution is -0.143. The smallest absolute Gasteiger partial charge is 0.338 e. The van der Waals surface area contributed by atoms with Crippen molar-refractivity contribution >= 4 is 17.6 Å². The number of anilines is 1. The number of hydrogen-bond acceptors (Lipinski definition) is 5. The molecule has 0 atom stereocenters. The van der Waals surface area contributed by atoms with E-state index in [1.54, 1.807) is 19.1 Å². The van der Waals surface area contributed by atoms with Crippen LogP contribution in [0.15, 0.2) is 24.3 Å². The van der Waals surface area contributed by atoms with Crippen LogP contribution in [0.5, 0.6) is 0 Å². The molecule has 1 N–H and O–H groups in total. The van der Waals surface area contributed by atoms with Gasteiger partial charge in [-0.1, -0.05) is 27.2 Å². The second kappa shape index (κ2) is 10.7. The Morgan fingerprint density at radius 1 is 1.04 bits per heavy atom. The van der Waals surface area contributed by atoms with E-state index >= 15 is 0 Å². The molecule has 0 amide bonds. The highest BCUT2D eigenvalue weighted by Gasteiger charge is 2.10. The number of ether oxygens (including phenoxy) is 2. The molecule has 0 heterocycles. The minimum absolute atomic E-state index is 0.0332. The van der Waals surface area contributed by atoms with Crippen LogP contribution in [-0.2, 0) is 14.3 Å². The van der Waals surface area contributed by atoms with E-state index in [0.29, 0.717) is 17.6 Å². The number of carbonyl (C=O) groups excluding carboxylic acids is 2. The zero-order valence-electron chi connectivity index (χ0n) is 15.9. The highest BCUT2D eigenvalue weighted by molar-refractivity contribution is 5.89. The van der Waals surface area contributed by atoms with Gasteiger partial charge >= 0.3 is 11.9 Å². The Morgan fingerprint density at radius 2 is 1.72 bits per heavy atom. The van der Waals surface area contributed by atoms with E-state index in [1.165, 1.54) is 12.8 Å². The number of hydrogen-bond donors (Lipinski definition) is 1. The molecule has 0 aliphatic rings. The molecule has 140 valence electrons. The molecule has 0 aromatic heterocycles. The summed E-state index contributed by atoms with van der Waals surface area (Å²) in [6.07, 6.45) is 3.61. The van der Waals surface area contributed by atoms with Crippen LogP contribution >= 0.6 is 0 Å². The maximum Gasteiger partial charge on any atom is 0.338 e. The number of esters is 2. The van der Waals surface area contributed by atoms with Crippen molar-refractivity contribution in [2.75, 3.05) is 25.1 Å². The lowest BCUT2D eigenvalue weighted by atomic mass is 9.90. The lowest BCUT2D eigenvalue weighted by Crippen LogP contribution is -2.12. The first-order valence-electron chi connectivity index (χ1n) is 8.98. The molecule has 5 heteroatoms. The van der Waals surface area contributed by atoms with Crippen molar-refractivity contribution < 1.29 is 19.1 Å². The molecule has 0 saturated carbocycles. The molecule has 0 saturated heterocycles. The van der Waals surface area contributed by atoms with E-state index in [0.717, 1.165) is 18.7 Å². The summed E-state index contributed by atoms with van der Waals surface area (Å²) in [4.78, 5) is 23.1. The van der Waals surface area contributed by atoms with Crippen molar-refractivity contribution in [3.63, 3.8) is 0 Å². The third-order valence-electron chi connectivity index (χ3n) is 3.65. The second-order valence-corrected chi connectivity index (χ2v) is 7.21. The Hall–Kier alpha value is -2.04. The van der Waals surface area contributed by atoms with E-state index in [-0.39, 0.29) is 19.0 Å². The topological polar surface area (TPSA) is 64.6 Å². The fraction of sp³-hybridized carbons (Fsp3) is 0.600. The van der Waals surface area contributed by atoms with Crippen LogP contribution in [0.1, 0.15) is 63.7 Å².